The minimum absolute atomic E-state index is 0.0141. The fraction of sp³-hybridized carbons (Fsp3) is 0.111. The van der Waals surface area contributed by atoms with E-state index in [-0.39, 0.29) is 23.4 Å². The van der Waals surface area contributed by atoms with E-state index in [1.54, 1.807) is 0 Å². The second kappa shape index (κ2) is 3.46. The third-order valence-electron chi connectivity index (χ3n) is 1.69. The van der Waals surface area contributed by atoms with Crippen molar-refractivity contribution in [1.82, 2.24) is 0 Å². The van der Waals surface area contributed by atoms with Crippen LogP contribution in [0.5, 0.6) is 5.75 Å². The molecule has 1 rings (SSSR count). The maximum Gasteiger partial charge on any atom is 0.121 e. The molecule has 0 fully saturated rings. The fourth-order valence-corrected chi connectivity index (χ4v) is 1.04. The van der Waals surface area contributed by atoms with E-state index in [1.165, 1.54) is 12.1 Å². The number of nitrogens with two attached hydrogens (primary N) is 1. The molecule has 0 unspecified atom stereocenters. The van der Waals surface area contributed by atoms with Gasteiger partial charge in [-0.2, -0.15) is 10.5 Å². The highest BCUT2D eigenvalue weighted by atomic mass is 16.3. The van der Waals surface area contributed by atoms with E-state index < -0.39 is 0 Å². The van der Waals surface area contributed by atoms with E-state index in [4.69, 9.17) is 16.3 Å². The molecule has 3 N–H and O–H groups in total. The van der Waals surface area contributed by atoms with E-state index in [2.05, 4.69) is 0 Å². The van der Waals surface area contributed by atoms with Gasteiger partial charge in [-0.25, -0.2) is 0 Å². The van der Waals surface area contributed by atoms with Crippen LogP contribution in [0.25, 0.3) is 0 Å². The predicted molar refractivity (Wildman–Crippen MR) is 46.6 cm³/mol. The lowest BCUT2D eigenvalue weighted by Gasteiger charge is -2.04. The Kier molecular flexibility index (Phi) is 2.37. The molecule has 0 spiro atoms. The van der Waals surface area contributed by atoms with Crippen molar-refractivity contribution in [3.05, 3.63) is 23.3 Å². The minimum atomic E-state index is -0.0627. The van der Waals surface area contributed by atoms with Gasteiger partial charge in [0, 0.05) is 5.56 Å². The lowest BCUT2D eigenvalue weighted by molar-refractivity contribution is 0.470. The van der Waals surface area contributed by atoms with Gasteiger partial charge in [0.2, 0.25) is 0 Å². The molecule has 4 nitrogen and oxygen atoms in total. The Hall–Kier alpha value is -2.20. The number of benzene rings is 1. The predicted octanol–water partition coefficient (Wildman–Crippen LogP) is 0.912. The van der Waals surface area contributed by atoms with Crippen LogP contribution in [-0.4, -0.2) is 5.11 Å². The van der Waals surface area contributed by atoms with Crippen molar-refractivity contribution < 1.29 is 5.11 Å². The molecule has 0 bridgehead atoms. The molecule has 13 heavy (non-hydrogen) atoms. The minimum Gasteiger partial charge on any atom is -0.508 e. The number of aromatic hydroxyl groups is 1. The van der Waals surface area contributed by atoms with E-state index in [0.29, 0.717) is 5.56 Å². The zero-order chi connectivity index (χ0) is 9.84. The number of phenols is 1. The van der Waals surface area contributed by atoms with Crippen LogP contribution >= 0.6 is 0 Å². The summed E-state index contributed by atoms with van der Waals surface area (Å²) in [5.41, 5.74) is 6.25. The quantitative estimate of drug-likeness (QED) is 0.487. The van der Waals surface area contributed by atoms with Crippen molar-refractivity contribution in [1.29, 1.82) is 10.5 Å². The van der Waals surface area contributed by atoms with E-state index >= 15 is 0 Å². The standard InChI is InChI=1S/C9H7N3O/c10-4-3-6-7(5-11)8(12)1-2-9(6)13/h1-2,13H,3,12H2. The first-order chi connectivity index (χ1) is 6.20. The fourth-order valence-electron chi connectivity index (χ4n) is 1.04. The molecule has 1 aromatic rings. The van der Waals surface area contributed by atoms with Crippen LogP contribution in [0, 0.1) is 22.7 Å². The van der Waals surface area contributed by atoms with Gasteiger partial charge in [-0.3, -0.25) is 0 Å². The molecule has 1 aromatic carbocycles. The third kappa shape index (κ3) is 1.52. The first-order valence-corrected chi connectivity index (χ1v) is 3.58. The first kappa shape index (κ1) is 8.89. The second-order valence-electron chi connectivity index (χ2n) is 2.47. The number of hydrogen-bond donors (Lipinski definition) is 2. The molecule has 0 radical (unpaired) electrons. The molecule has 0 aliphatic carbocycles. The second-order valence-corrected chi connectivity index (χ2v) is 2.47. The van der Waals surface area contributed by atoms with E-state index in [9.17, 15) is 5.11 Å². The van der Waals surface area contributed by atoms with Crippen LogP contribution < -0.4 is 5.73 Å². The Morgan fingerprint density at radius 1 is 1.38 bits per heavy atom. The summed E-state index contributed by atoms with van der Waals surface area (Å²) in [5, 5.41) is 26.5. The Morgan fingerprint density at radius 3 is 2.62 bits per heavy atom. The zero-order valence-corrected chi connectivity index (χ0v) is 6.78. The Balaban J connectivity index is 3.39. The SMILES string of the molecule is N#CCc1c(O)ccc(N)c1C#N. The lowest BCUT2D eigenvalue weighted by Crippen LogP contribution is -1.96. The Morgan fingerprint density at radius 2 is 2.08 bits per heavy atom. The number of nitrogens with zero attached hydrogens (tertiary/aromatic N) is 2. The molecule has 0 atom stereocenters. The number of anilines is 1. The van der Waals surface area contributed by atoms with E-state index in [1.807, 2.05) is 12.1 Å². The average molecular weight is 173 g/mol. The Labute approximate surface area is 75.4 Å². The van der Waals surface area contributed by atoms with Gasteiger partial charge < -0.3 is 10.8 Å². The van der Waals surface area contributed by atoms with Gasteiger partial charge in [-0.05, 0) is 12.1 Å². The monoisotopic (exact) mass is 173 g/mol. The number of nitrogen functional groups attached to an aromatic ring is 1. The van der Waals surface area contributed by atoms with Crippen molar-refractivity contribution in [3.63, 3.8) is 0 Å². The molecule has 4 heteroatoms. The lowest BCUT2D eigenvalue weighted by atomic mass is 10.0. The van der Waals surface area contributed by atoms with Crippen molar-refractivity contribution >= 4 is 5.69 Å². The molecule has 0 aromatic heterocycles. The van der Waals surface area contributed by atoms with Gasteiger partial charge in [0.1, 0.15) is 11.8 Å². The smallest absolute Gasteiger partial charge is 0.121 e. The van der Waals surface area contributed by atoms with Crippen molar-refractivity contribution in [2.24, 2.45) is 0 Å². The maximum absolute atomic E-state index is 9.32. The topological polar surface area (TPSA) is 93.8 Å². The summed E-state index contributed by atoms with van der Waals surface area (Å²) >= 11 is 0. The van der Waals surface area contributed by atoms with Gasteiger partial charge in [0.25, 0.3) is 0 Å². The van der Waals surface area contributed by atoms with Crippen molar-refractivity contribution in [2.45, 2.75) is 6.42 Å². The van der Waals surface area contributed by atoms with Gasteiger partial charge in [-0.15, -0.1) is 0 Å². The highest BCUT2D eigenvalue weighted by Gasteiger charge is 2.10. The molecule has 0 aliphatic rings. The zero-order valence-electron chi connectivity index (χ0n) is 6.78. The third-order valence-corrected chi connectivity index (χ3v) is 1.69. The molecule has 0 saturated carbocycles. The van der Waals surface area contributed by atoms with Crippen molar-refractivity contribution in [3.8, 4) is 17.9 Å². The molecule has 0 amide bonds. The highest BCUT2D eigenvalue weighted by molar-refractivity contribution is 5.62. The van der Waals surface area contributed by atoms with Gasteiger partial charge >= 0.3 is 0 Å². The summed E-state index contributed by atoms with van der Waals surface area (Å²) in [6, 6.07) is 6.53. The first-order valence-electron chi connectivity index (χ1n) is 3.58. The van der Waals surface area contributed by atoms with Crippen LogP contribution in [0.1, 0.15) is 11.1 Å². The number of phenolic OH excluding ortho intramolecular Hbond substituents is 1. The summed E-state index contributed by atoms with van der Waals surface area (Å²) in [7, 11) is 0. The number of nitriles is 2. The van der Waals surface area contributed by atoms with E-state index in [0.717, 1.165) is 0 Å². The average Bonchev–Trinajstić information content (AvgIpc) is 2.12. The molecular formula is C9H7N3O. The van der Waals surface area contributed by atoms with Crippen molar-refractivity contribution in [2.75, 3.05) is 5.73 Å². The van der Waals surface area contributed by atoms with Crippen LogP contribution in [-0.2, 0) is 6.42 Å². The maximum atomic E-state index is 9.32. The van der Waals surface area contributed by atoms with Gasteiger partial charge in [0.05, 0.1) is 23.7 Å². The van der Waals surface area contributed by atoms with Crippen LogP contribution in [0.4, 0.5) is 5.69 Å². The summed E-state index contributed by atoms with van der Waals surface area (Å²) < 4.78 is 0. The molecular weight excluding hydrogens is 166 g/mol. The number of hydrogen-bond acceptors (Lipinski definition) is 4. The number of rotatable bonds is 1. The summed E-state index contributed by atoms with van der Waals surface area (Å²) in [5.74, 6) is -0.0627. The Bertz CT molecular complexity index is 412. The summed E-state index contributed by atoms with van der Waals surface area (Å²) in [6.45, 7) is 0. The molecule has 0 saturated heterocycles. The molecule has 64 valence electrons. The summed E-state index contributed by atoms with van der Waals surface area (Å²) in [6.07, 6.45) is -0.0141. The van der Waals surface area contributed by atoms with Crippen LogP contribution in [0.3, 0.4) is 0 Å². The normalized spacial score (nSPS) is 8.77. The van der Waals surface area contributed by atoms with Crippen LogP contribution in [0.15, 0.2) is 12.1 Å². The molecule has 0 heterocycles. The highest BCUT2D eigenvalue weighted by Crippen LogP contribution is 2.25. The summed E-state index contributed by atoms with van der Waals surface area (Å²) in [4.78, 5) is 0. The van der Waals surface area contributed by atoms with Crippen LogP contribution in [0.2, 0.25) is 0 Å². The molecule has 0 aliphatic heterocycles. The van der Waals surface area contributed by atoms with Gasteiger partial charge in [0.15, 0.2) is 0 Å². The largest absolute Gasteiger partial charge is 0.508 e. The van der Waals surface area contributed by atoms with Gasteiger partial charge in [-0.1, -0.05) is 0 Å².